The van der Waals surface area contributed by atoms with Crippen LogP contribution in [0.4, 0.5) is 5.69 Å². The molecule has 2 aromatic rings. The summed E-state index contributed by atoms with van der Waals surface area (Å²) in [6.07, 6.45) is 1.05. The van der Waals surface area contributed by atoms with Crippen molar-refractivity contribution in [2.75, 3.05) is 5.32 Å². The van der Waals surface area contributed by atoms with Gasteiger partial charge in [-0.2, -0.15) is 0 Å². The Morgan fingerprint density at radius 1 is 1.04 bits per heavy atom. The van der Waals surface area contributed by atoms with E-state index in [0.717, 1.165) is 11.1 Å². The highest BCUT2D eigenvalue weighted by Gasteiger charge is 2.56. The molecule has 1 aliphatic rings. The quantitative estimate of drug-likeness (QED) is 0.762. The third kappa shape index (κ3) is 3.65. The van der Waals surface area contributed by atoms with E-state index in [0.29, 0.717) is 30.1 Å². The molecule has 0 aromatic heterocycles. The fourth-order valence-corrected chi connectivity index (χ4v) is 3.03. The number of benzene rings is 2. The summed E-state index contributed by atoms with van der Waals surface area (Å²) in [6.45, 7) is 2.39. The zero-order chi connectivity index (χ0) is 18.0. The monoisotopic (exact) mass is 376 g/mol. The van der Waals surface area contributed by atoms with Crippen LogP contribution >= 0.6 is 23.2 Å². The second-order valence-corrected chi connectivity index (χ2v) is 7.03. The minimum atomic E-state index is -1.02. The number of carbonyl (C=O) groups excluding carboxylic acids is 2. The van der Waals surface area contributed by atoms with Gasteiger partial charge in [-0.3, -0.25) is 9.59 Å². The Bertz CT molecular complexity index is 832. The highest BCUT2D eigenvalue weighted by atomic mass is 35.5. The third-order valence-corrected chi connectivity index (χ3v) is 5.34. The highest BCUT2D eigenvalue weighted by molar-refractivity contribution is 6.44. The van der Waals surface area contributed by atoms with Crippen LogP contribution in [0.2, 0.25) is 10.0 Å². The number of hydrogen-bond donors (Lipinski definition) is 2. The molecule has 2 aromatic carbocycles. The van der Waals surface area contributed by atoms with Gasteiger partial charge in [-0.15, -0.1) is 0 Å². The standard InChI is InChI=1S/C19H18Cl2N2O2/c1-12-5-2-3-6-13(12)11-22-17(24)19(9-10-19)18(25)23-15-8-4-7-14(20)16(15)21/h2-8H,9-11H2,1H3,(H,22,24)(H,23,25). The Labute approximate surface area is 156 Å². The van der Waals surface area contributed by atoms with E-state index >= 15 is 0 Å². The normalized spacial score (nSPS) is 14.7. The molecule has 0 radical (unpaired) electrons. The maximum atomic E-state index is 12.6. The molecule has 0 spiro atoms. The summed E-state index contributed by atoms with van der Waals surface area (Å²) in [4.78, 5) is 25.2. The molecule has 0 atom stereocenters. The Morgan fingerprint density at radius 3 is 2.44 bits per heavy atom. The summed E-state index contributed by atoms with van der Waals surface area (Å²) in [6, 6.07) is 12.8. The van der Waals surface area contributed by atoms with Gasteiger partial charge in [0.1, 0.15) is 5.41 Å². The van der Waals surface area contributed by atoms with Crippen molar-refractivity contribution in [1.82, 2.24) is 5.32 Å². The first-order valence-corrected chi connectivity index (χ1v) is 8.78. The second-order valence-electron chi connectivity index (χ2n) is 6.25. The number of halogens is 2. The van der Waals surface area contributed by atoms with Crippen LogP contribution in [0.5, 0.6) is 0 Å². The molecule has 0 saturated heterocycles. The average molecular weight is 377 g/mol. The van der Waals surface area contributed by atoms with Gasteiger partial charge in [-0.25, -0.2) is 0 Å². The Hall–Kier alpha value is -2.04. The largest absolute Gasteiger partial charge is 0.351 e. The molecular formula is C19H18Cl2N2O2. The number of nitrogens with one attached hydrogen (secondary N) is 2. The van der Waals surface area contributed by atoms with Crippen LogP contribution in [0.15, 0.2) is 42.5 Å². The molecule has 130 valence electrons. The smallest absolute Gasteiger partial charge is 0.240 e. The fraction of sp³-hybridized carbons (Fsp3) is 0.263. The number of amides is 2. The van der Waals surface area contributed by atoms with E-state index in [1.54, 1.807) is 18.2 Å². The number of anilines is 1. The van der Waals surface area contributed by atoms with Crippen molar-refractivity contribution in [3.63, 3.8) is 0 Å². The average Bonchev–Trinajstić information content (AvgIpc) is 3.40. The summed E-state index contributed by atoms with van der Waals surface area (Å²) >= 11 is 12.1. The minimum Gasteiger partial charge on any atom is -0.351 e. The van der Waals surface area contributed by atoms with Crippen LogP contribution < -0.4 is 10.6 Å². The summed E-state index contributed by atoms with van der Waals surface area (Å²) in [5.74, 6) is -0.606. The van der Waals surface area contributed by atoms with Gasteiger partial charge >= 0.3 is 0 Å². The SMILES string of the molecule is Cc1ccccc1CNC(=O)C1(C(=O)Nc2cccc(Cl)c2Cl)CC1. The van der Waals surface area contributed by atoms with Crippen LogP contribution in [-0.2, 0) is 16.1 Å². The summed E-state index contributed by atoms with van der Waals surface area (Å²) in [5, 5.41) is 6.23. The lowest BCUT2D eigenvalue weighted by molar-refractivity contribution is -0.134. The lowest BCUT2D eigenvalue weighted by Gasteiger charge is -2.17. The molecule has 4 nitrogen and oxygen atoms in total. The first-order chi connectivity index (χ1) is 11.9. The molecule has 2 N–H and O–H groups in total. The molecule has 6 heteroatoms. The molecule has 0 heterocycles. The van der Waals surface area contributed by atoms with Gasteiger partial charge < -0.3 is 10.6 Å². The van der Waals surface area contributed by atoms with Crippen LogP contribution in [0.3, 0.4) is 0 Å². The van der Waals surface area contributed by atoms with Crippen molar-refractivity contribution in [3.8, 4) is 0 Å². The minimum absolute atomic E-state index is 0.258. The van der Waals surface area contributed by atoms with E-state index in [1.807, 2.05) is 31.2 Å². The molecule has 3 rings (SSSR count). The van der Waals surface area contributed by atoms with Gasteiger partial charge in [0.05, 0.1) is 15.7 Å². The van der Waals surface area contributed by atoms with E-state index in [4.69, 9.17) is 23.2 Å². The van der Waals surface area contributed by atoms with Crippen LogP contribution in [0, 0.1) is 12.3 Å². The van der Waals surface area contributed by atoms with E-state index in [-0.39, 0.29) is 16.8 Å². The van der Waals surface area contributed by atoms with Gasteiger partial charge in [0, 0.05) is 6.54 Å². The molecular weight excluding hydrogens is 359 g/mol. The van der Waals surface area contributed by atoms with Crippen LogP contribution in [0.1, 0.15) is 24.0 Å². The van der Waals surface area contributed by atoms with Gasteiger partial charge in [0.25, 0.3) is 0 Å². The van der Waals surface area contributed by atoms with Crippen molar-refractivity contribution in [2.45, 2.75) is 26.3 Å². The molecule has 0 bridgehead atoms. The summed E-state index contributed by atoms with van der Waals surface area (Å²) in [7, 11) is 0. The van der Waals surface area contributed by atoms with Crippen molar-refractivity contribution >= 4 is 40.7 Å². The first kappa shape index (κ1) is 17.8. The van der Waals surface area contributed by atoms with E-state index in [1.165, 1.54) is 0 Å². The maximum absolute atomic E-state index is 12.6. The number of rotatable bonds is 5. The predicted molar refractivity (Wildman–Crippen MR) is 99.8 cm³/mol. The lowest BCUT2D eigenvalue weighted by Crippen LogP contribution is -2.39. The van der Waals surface area contributed by atoms with Crippen molar-refractivity contribution < 1.29 is 9.59 Å². The molecule has 1 saturated carbocycles. The molecule has 1 aliphatic carbocycles. The van der Waals surface area contributed by atoms with Crippen molar-refractivity contribution in [2.24, 2.45) is 5.41 Å². The van der Waals surface area contributed by atoms with Crippen LogP contribution in [-0.4, -0.2) is 11.8 Å². The molecule has 2 amide bonds. The topological polar surface area (TPSA) is 58.2 Å². The molecule has 0 unspecified atom stereocenters. The van der Waals surface area contributed by atoms with E-state index in [9.17, 15) is 9.59 Å². The van der Waals surface area contributed by atoms with Crippen LogP contribution in [0.25, 0.3) is 0 Å². The van der Waals surface area contributed by atoms with Gasteiger partial charge in [0.15, 0.2) is 0 Å². The number of aryl methyl sites for hydroxylation is 1. The van der Waals surface area contributed by atoms with E-state index < -0.39 is 5.41 Å². The lowest BCUT2D eigenvalue weighted by atomic mass is 10.0. The molecule has 1 fully saturated rings. The Balaban J connectivity index is 1.67. The summed E-state index contributed by atoms with van der Waals surface area (Å²) < 4.78 is 0. The van der Waals surface area contributed by atoms with Crippen molar-refractivity contribution in [1.29, 1.82) is 0 Å². The number of carbonyl (C=O) groups is 2. The zero-order valence-corrected chi connectivity index (χ0v) is 15.2. The van der Waals surface area contributed by atoms with Gasteiger partial charge in [0.2, 0.25) is 11.8 Å². The predicted octanol–water partition coefficient (Wildman–Crippen LogP) is 4.34. The third-order valence-electron chi connectivity index (χ3n) is 4.52. The Kier molecular flexibility index (Phi) is 5.02. The van der Waals surface area contributed by atoms with E-state index in [2.05, 4.69) is 10.6 Å². The highest BCUT2D eigenvalue weighted by Crippen LogP contribution is 2.47. The first-order valence-electron chi connectivity index (χ1n) is 8.02. The molecule has 25 heavy (non-hydrogen) atoms. The fourth-order valence-electron chi connectivity index (χ4n) is 2.68. The zero-order valence-electron chi connectivity index (χ0n) is 13.7. The summed E-state index contributed by atoms with van der Waals surface area (Å²) in [5.41, 5.74) is 1.53. The van der Waals surface area contributed by atoms with Gasteiger partial charge in [-0.05, 0) is 43.0 Å². The van der Waals surface area contributed by atoms with Crippen molar-refractivity contribution in [3.05, 3.63) is 63.6 Å². The maximum Gasteiger partial charge on any atom is 0.240 e. The number of hydrogen-bond acceptors (Lipinski definition) is 2. The second kappa shape index (κ2) is 7.06. The van der Waals surface area contributed by atoms with Gasteiger partial charge in [-0.1, -0.05) is 53.5 Å². The Morgan fingerprint density at radius 2 is 1.76 bits per heavy atom. The molecule has 0 aliphatic heterocycles.